The van der Waals surface area contributed by atoms with Crippen LogP contribution in [0.15, 0.2) is 91.9 Å². The second-order valence-corrected chi connectivity index (χ2v) is 29.2. The van der Waals surface area contributed by atoms with E-state index in [1.165, 1.54) is 0 Å². The number of benzene rings is 3. The minimum atomic E-state index is -3.22. The van der Waals surface area contributed by atoms with E-state index in [1.807, 2.05) is 152 Å². The van der Waals surface area contributed by atoms with E-state index in [0.29, 0.717) is 18.1 Å². The van der Waals surface area contributed by atoms with Crippen LogP contribution in [0.2, 0.25) is 5.28 Å². The van der Waals surface area contributed by atoms with E-state index in [2.05, 4.69) is 83.4 Å². The van der Waals surface area contributed by atoms with Gasteiger partial charge in [0.1, 0.15) is 4.60 Å². The molecule has 4 aliphatic rings. The van der Waals surface area contributed by atoms with Crippen molar-refractivity contribution < 1.29 is 33.3 Å². The predicted octanol–water partition coefficient (Wildman–Crippen LogP) is 14.6. The number of thiazole rings is 3. The van der Waals surface area contributed by atoms with E-state index in [1.54, 1.807) is 39.5 Å². The molecule has 2 amide bonds. The fraction of sp³-hybridized carbons (Fsp3) is 0.412. The maximum atomic E-state index is 12.3. The highest BCUT2D eigenvalue weighted by Gasteiger charge is 2.53. The number of hydrogen-bond acceptors (Lipinski definition) is 14. The third-order valence-corrected chi connectivity index (χ3v) is 15.3. The van der Waals surface area contributed by atoms with E-state index >= 15 is 0 Å². The van der Waals surface area contributed by atoms with Crippen molar-refractivity contribution in [1.82, 2.24) is 24.5 Å². The zero-order valence-electron chi connectivity index (χ0n) is 43.2. The average molecular weight is 1240 g/mol. The number of ether oxygens (including phenoxy) is 1. The quantitative estimate of drug-likeness (QED) is 0.125. The number of imidazole rings is 1. The molecule has 0 saturated carbocycles. The Kier molecular flexibility index (Phi) is 21.6. The first kappa shape index (κ1) is 61.0. The lowest BCUT2D eigenvalue weighted by molar-refractivity contribution is -0.118. The summed E-state index contributed by atoms with van der Waals surface area (Å²) in [5.74, 6) is 0.330. The van der Waals surface area contributed by atoms with Gasteiger partial charge in [-0.1, -0.05) is 36.4 Å². The van der Waals surface area contributed by atoms with Crippen molar-refractivity contribution in [3.8, 4) is 22.5 Å². The van der Waals surface area contributed by atoms with Gasteiger partial charge in [0, 0.05) is 69.8 Å². The molecule has 2 fully saturated rings. The van der Waals surface area contributed by atoms with E-state index in [0.717, 1.165) is 85.6 Å². The summed E-state index contributed by atoms with van der Waals surface area (Å²) in [6.07, 6.45) is 2.29. The predicted molar refractivity (Wildman–Crippen MR) is 315 cm³/mol. The monoisotopic (exact) mass is 1240 g/mol. The number of aliphatic hydroxyl groups excluding tert-OH is 1. The molecule has 7 aromatic rings. The minimum absolute atomic E-state index is 0.147. The molecule has 24 heteroatoms. The Morgan fingerprint density at radius 3 is 1.67 bits per heavy atom. The molecule has 4 aromatic heterocycles. The van der Waals surface area contributed by atoms with Crippen molar-refractivity contribution in [2.45, 2.75) is 131 Å². The molecule has 0 bridgehead atoms. The smallest absolute Gasteiger partial charge is 0.399 e. The number of amides is 2. The van der Waals surface area contributed by atoms with Crippen LogP contribution in [0.1, 0.15) is 99.2 Å². The first-order valence-corrected chi connectivity index (χ1v) is 32.4. The summed E-state index contributed by atoms with van der Waals surface area (Å²) >= 11 is 28.0. The van der Waals surface area contributed by atoms with Gasteiger partial charge in [-0.15, -0.1) is 34.0 Å². The van der Waals surface area contributed by atoms with Crippen LogP contribution in [0.25, 0.3) is 33.5 Å². The summed E-state index contributed by atoms with van der Waals surface area (Å²) in [6.45, 7) is 21.3. The van der Waals surface area contributed by atoms with Gasteiger partial charge in [0.25, 0.3) is 0 Å². The Labute approximate surface area is 479 Å². The molecule has 14 nitrogen and oxygen atoms in total. The number of hydrogen-bond donors (Lipinski definition) is 1. The molecule has 3 aromatic carbocycles. The topological polar surface area (TPSA) is 162 Å². The molecular formula is C51H60BBrCl4N7O7PS3. The van der Waals surface area contributed by atoms with E-state index in [9.17, 15) is 14.2 Å². The van der Waals surface area contributed by atoms with Crippen molar-refractivity contribution in [3.63, 3.8) is 0 Å². The molecular weight excluding hydrogens is 1180 g/mol. The lowest BCUT2D eigenvalue weighted by atomic mass is 9.75. The van der Waals surface area contributed by atoms with Gasteiger partial charge in [-0.2, -0.15) is 0 Å². The van der Waals surface area contributed by atoms with Gasteiger partial charge in [-0.05, 0) is 172 Å². The highest BCUT2D eigenvalue weighted by atomic mass is 79.9. The van der Waals surface area contributed by atoms with E-state index in [-0.39, 0.29) is 41.1 Å². The molecule has 75 heavy (non-hydrogen) atoms. The van der Waals surface area contributed by atoms with Crippen LogP contribution in [-0.4, -0.2) is 84.7 Å². The van der Waals surface area contributed by atoms with Gasteiger partial charge in [0.05, 0.1) is 63.0 Å². The Morgan fingerprint density at radius 2 is 1.23 bits per heavy atom. The van der Waals surface area contributed by atoms with Gasteiger partial charge in [-0.3, -0.25) is 14.2 Å². The normalized spacial score (nSPS) is 17.1. The molecule has 0 spiro atoms. The molecule has 1 N–H and O–H groups in total. The zero-order chi connectivity index (χ0) is 55.0. The summed E-state index contributed by atoms with van der Waals surface area (Å²) < 4.78 is 29.5. The number of nitrogens with zero attached hydrogens (tertiary/aromatic N) is 7. The van der Waals surface area contributed by atoms with Crippen molar-refractivity contribution in [3.05, 3.63) is 108 Å². The average Bonchev–Trinajstić information content (AvgIpc) is 4.18. The third-order valence-electron chi connectivity index (χ3n) is 12.5. The number of para-hydroxylation sites is 1. The fourth-order valence-corrected chi connectivity index (χ4v) is 11.0. The summed E-state index contributed by atoms with van der Waals surface area (Å²) in [4.78, 5) is 45.2. The maximum Gasteiger partial charge on any atom is 0.495 e. The van der Waals surface area contributed by atoms with Crippen molar-refractivity contribution in [2.24, 2.45) is 0 Å². The van der Waals surface area contributed by atoms with Gasteiger partial charge >= 0.3 is 12.3 Å². The van der Waals surface area contributed by atoms with Gasteiger partial charge in [0.2, 0.25) is 17.1 Å². The van der Waals surface area contributed by atoms with Crippen molar-refractivity contribution >= 4 is 147 Å². The van der Waals surface area contributed by atoms with E-state index in [4.69, 9.17) is 30.8 Å². The largest absolute Gasteiger partial charge is 0.495 e. The zero-order valence-corrected chi connectivity index (χ0v) is 51.1. The second-order valence-electron chi connectivity index (χ2n) is 19.2. The number of carbonyl (C=O) groups excluding carboxylic acids is 2. The van der Waals surface area contributed by atoms with Gasteiger partial charge in [0.15, 0.2) is 6.29 Å². The fourth-order valence-electron chi connectivity index (χ4n) is 8.54. The van der Waals surface area contributed by atoms with Crippen LogP contribution < -0.4 is 15.3 Å². The summed E-state index contributed by atoms with van der Waals surface area (Å²) in [5.41, 5.74) is 15.9. The number of aliphatic hydroxyl groups is 1. The Bertz CT molecular complexity index is 3020. The molecule has 0 aliphatic carbocycles. The number of carbonyl (C=O) groups is 2. The molecule has 1 atom stereocenters. The summed E-state index contributed by atoms with van der Waals surface area (Å²) in [7, 11) is -0.417. The molecule has 2 saturated heterocycles. The second kappa shape index (κ2) is 26.6. The minimum Gasteiger partial charge on any atom is -0.399 e. The van der Waals surface area contributed by atoms with Crippen LogP contribution in [0.5, 0.6) is 0 Å². The standard InChI is InChI=1S/C17H24BNO3.C14H14N2OS.C13H12ClN3S.C4H8O2.C3H2BrNS.Cl3OP/c1-11(2)19-14-9-7-8-13(12(14)10-15(19)20)18-21-16(3,4)17(5,6)22-18;1-9(2)16-13-5-3-4-10(11(13)6-14(16)17)12-7-18-8-15-12;1-8(2)17-11-5-3-4-9(10-6-18-7-15-10)12(11)16-13(17)14;5-4-2-1-3-6-4;4-3-1-6-2-5-3;1-5(2,3)4/h7-9,11H,10H2,1-6H3;3-5,7-9H,6H2,1-2H3;3-8H,1-2H3;4-5H,1-3H2;1-2H;. The molecule has 1 unspecified atom stereocenters. The molecule has 402 valence electrons. The van der Waals surface area contributed by atoms with Crippen LogP contribution in [0, 0.1) is 0 Å². The Morgan fingerprint density at radius 1 is 0.733 bits per heavy atom. The summed E-state index contributed by atoms with van der Waals surface area (Å²) in [6, 6.07) is 18.8. The van der Waals surface area contributed by atoms with Crippen LogP contribution in [0.4, 0.5) is 11.4 Å². The highest BCUT2D eigenvalue weighted by molar-refractivity contribution is 9.10. The maximum absolute atomic E-state index is 12.3. The SMILES string of the molecule is Brc1cscn1.CC(C)N1C(=O)Cc2c(-c3cscn3)cccc21.CC(C)N1C(=O)Cc2c(B3OC(C)(C)C(C)(C)O3)cccc21.CC(C)n1c(Cl)nc2c(-c3cscn3)cccc21.O=P(Cl)(Cl)Cl.OC1CCCO1. The molecule has 4 aliphatic heterocycles. The van der Waals surface area contributed by atoms with Crippen LogP contribution in [-0.2, 0) is 41.0 Å². The number of anilines is 2. The lowest BCUT2D eigenvalue weighted by Gasteiger charge is -2.32. The number of fused-ring (bicyclic) bond motifs is 3. The van der Waals surface area contributed by atoms with Crippen LogP contribution in [0.3, 0.4) is 0 Å². The van der Waals surface area contributed by atoms with Crippen molar-refractivity contribution in [2.75, 3.05) is 16.4 Å². The van der Waals surface area contributed by atoms with E-state index < -0.39 is 18.6 Å². The first-order valence-electron chi connectivity index (χ1n) is 24.0. The highest BCUT2D eigenvalue weighted by Crippen LogP contribution is 2.61. The molecule has 0 radical (unpaired) electrons. The van der Waals surface area contributed by atoms with Gasteiger partial charge in [-0.25, -0.2) is 19.9 Å². The molecule has 8 heterocycles. The Hall–Kier alpha value is -3.27. The summed E-state index contributed by atoms with van der Waals surface area (Å²) in [5, 5.41) is 11.8. The Balaban J connectivity index is 0.000000158. The van der Waals surface area contributed by atoms with Gasteiger partial charge < -0.3 is 33.5 Å². The van der Waals surface area contributed by atoms with Crippen LogP contribution >= 0.6 is 100 Å². The molecule has 11 rings (SSSR count). The number of rotatable bonds is 6. The number of halogens is 5. The lowest BCUT2D eigenvalue weighted by Crippen LogP contribution is -2.41. The number of aromatic nitrogens is 5. The first-order chi connectivity index (χ1) is 35.3. The third kappa shape index (κ3) is 15.7. The van der Waals surface area contributed by atoms with Crippen molar-refractivity contribution in [1.29, 1.82) is 0 Å².